The number of benzene rings is 2. The van der Waals surface area contributed by atoms with E-state index < -0.39 is 5.97 Å². The number of nitrogens with one attached hydrogen (secondary N) is 1. The van der Waals surface area contributed by atoms with Gasteiger partial charge in [-0.3, -0.25) is 9.59 Å². The minimum atomic E-state index is -0.918. The van der Waals surface area contributed by atoms with Gasteiger partial charge in [0.2, 0.25) is 5.91 Å². The third kappa shape index (κ3) is 16.3. The van der Waals surface area contributed by atoms with Crippen LogP contribution in [0.3, 0.4) is 0 Å². The molecule has 5 nitrogen and oxygen atoms in total. The number of carboxylic acid groups (broad SMARTS) is 1. The molecular weight excluding hydrogens is 498 g/mol. The van der Waals surface area contributed by atoms with Gasteiger partial charge in [-0.1, -0.05) is 134 Å². The third-order valence-electron chi connectivity index (χ3n) is 7.46. The van der Waals surface area contributed by atoms with E-state index in [4.69, 9.17) is 9.84 Å². The molecule has 0 saturated heterocycles. The van der Waals surface area contributed by atoms with Gasteiger partial charge in [0.25, 0.3) is 0 Å². The minimum Gasteiger partial charge on any atom is -0.494 e. The summed E-state index contributed by atoms with van der Waals surface area (Å²) in [6, 6.07) is 15.0. The van der Waals surface area contributed by atoms with E-state index in [9.17, 15) is 9.59 Å². The Balaban J connectivity index is 1.45. The van der Waals surface area contributed by atoms with Crippen LogP contribution in [-0.2, 0) is 22.4 Å². The molecule has 0 unspecified atom stereocenters. The number of unbranched alkanes of at least 4 members (excludes halogenated alkanes) is 15. The number of rotatable bonds is 24. The number of carbonyl (C=O) groups excluding carboxylic acids is 1. The van der Waals surface area contributed by atoms with E-state index in [-0.39, 0.29) is 12.3 Å². The maximum atomic E-state index is 12.4. The maximum Gasteiger partial charge on any atom is 0.307 e. The summed E-state index contributed by atoms with van der Waals surface area (Å²) in [7, 11) is 0. The summed E-state index contributed by atoms with van der Waals surface area (Å²) in [4.78, 5) is 23.4. The summed E-state index contributed by atoms with van der Waals surface area (Å²) in [6.45, 7) is 3.03. The highest BCUT2D eigenvalue weighted by Crippen LogP contribution is 2.18. The number of anilines is 1. The van der Waals surface area contributed by atoms with Crippen molar-refractivity contribution < 1.29 is 19.4 Å². The summed E-state index contributed by atoms with van der Waals surface area (Å²) in [5, 5.41) is 11.9. The summed E-state index contributed by atoms with van der Waals surface area (Å²) < 4.78 is 5.90. The van der Waals surface area contributed by atoms with Crippen molar-refractivity contribution in [3.63, 3.8) is 0 Å². The Labute approximate surface area is 243 Å². The Morgan fingerprint density at radius 2 is 1.23 bits per heavy atom. The number of hydrogen-bond acceptors (Lipinski definition) is 3. The van der Waals surface area contributed by atoms with Gasteiger partial charge in [-0.25, -0.2) is 0 Å². The molecular formula is C35H53NO4. The lowest BCUT2D eigenvalue weighted by Crippen LogP contribution is -2.14. The van der Waals surface area contributed by atoms with Crippen molar-refractivity contribution in [1.29, 1.82) is 0 Å². The first-order valence-corrected chi connectivity index (χ1v) is 15.9. The van der Waals surface area contributed by atoms with Crippen LogP contribution < -0.4 is 10.1 Å². The molecule has 0 heterocycles. The van der Waals surface area contributed by atoms with Crippen LogP contribution in [0.2, 0.25) is 0 Å². The van der Waals surface area contributed by atoms with E-state index in [2.05, 4.69) is 12.2 Å². The number of para-hydroxylation sites is 1. The number of hydrogen-bond donors (Lipinski definition) is 2. The first kappa shape index (κ1) is 33.4. The number of carboxylic acids is 1. The van der Waals surface area contributed by atoms with Crippen molar-refractivity contribution in [3.8, 4) is 5.75 Å². The van der Waals surface area contributed by atoms with Gasteiger partial charge in [0.15, 0.2) is 0 Å². The van der Waals surface area contributed by atoms with E-state index >= 15 is 0 Å². The number of aryl methyl sites for hydroxylation is 1. The highest BCUT2D eigenvalue weighted by atomic mass is 16.5. The van der Waals surface area contributed by atoms with Crippen molar-refractivity contribution in [2.45, 2.75) is 129 Å². The monoisotopic (exact) mass is 551 g/mol. The zero-order chi connectivity index (χ0) is 28.7. The molecule has 0 saturated carbocycles. The van der Waals surface area contributed by atoms with Crippen molar-refractivity contribution >= 4 is 17.6 Å². The van der Waals surface area contributed by atoms with Crippen molar-refractivity contribution in [1.82, 2.24) is 0 Å². The Morgan fingerprint density at radius 1 is 0.700 bits per heavy atom. The molecule has 0 radical (unpaired) electrons. The Morgan fingerprint density at radius 3 is 1.77 bits per heavy atom. The lowest BCUT2D eigenvalue weighted by Gasteiger charge is -2.10. The molecule has 0 aliphatic rings. The maximum absolute atomic E-state index is 12.4. The Bertz CT molecular complexity index is 941. The van der Waals surface area contributed by atoms with Crippen LogP contribution in [0.4, 0.5) is 5.69 Å². The highest BCUT2D eigenvalue weighted by Gasteiger charge is 2.09. The fourth-order valence-electron chi connectivity index (χ4n) is 5.02. The molecule has 0 atom stereocenters. The van der Waals surface area contributed by atoms with Gasteiger partial charge in [0.1, 0.15) is 5.75 Å². The van der Waals surface area contributed by atoms with E-state index in [1.807, 2.05) is 24.3 Å². The summed E-state index contributed by atoms with van der Waals surface area (Å²) in [6.07, 6.45) is 22.7. The van der Waals surface area contributed by atoms with Crippen molar-refractivity contribution in [3.05, 3.63) is 59.7 Å². The smallest absolute Gasteiger partial charge is 0.307 e. The molecule has 2 aromatic rings. The molecule has 0 aliphatic carbocycles. The zero-order valence-electron chi connectivity index (χ0n) is 24.9. The molecule has 1 amide bonds. The van der Waals surface area contributed by atoms with Crippen LogP contribution >= 0.6 is 0 Å². The lowest BCUT2D eigenvalue weighted by atomic mass is 10.0. The number of carbonyl (C=O) groups is 2. The Kier molecular flexibility index (Phi) is 18.3. The topological polar surface area (TPSA) is 75.6 Å². The molecule has 0 aromatic heterocycles. The Hall–Kier alpha value is -2.82. The van der Waals surface area contributed by atoms with E-state index in [1.54, 1.807) is 24.3 Å². The van der Waals surface area contributed by atoms with Crippen molar-refractivity contribution in [2.24, 2.45) is 0 Å². The first-order valence-electron chi connectivity index (χ1n) is 15.9. The third-order valence-corrected chi connectivity index (χ3v) is 7.46. The SMILES string of the molecule is CCCCCCCCCCCCCCCCCCOc1ccc(CCC(=O)Nc2ccccc2CC(=O)O)cc1. The second-order valence-corrected chi connectivity index (χ2v) is 11.1. The average Bonchev–Trinajstić information content (AvgIpc) is 2.95. The molecule has 2 rings (SSSR count). The zero-order valence-corrected chi connectivity index (χ0v) is 24.9. The van der Waals surface area contributed by atoms with E-state index in [0.29, 0.717) is 24.1 Å². The molecule has 40 heavy (non-hydrogen) atoms. The van der Waals surface area contributed by atoms with Gasteiger partial charge < -0.3 is 15.2 Å². The summed E-state index contributed by atoms with van der Waals surface area (Å²) in [5.41, 5.74) is 2.24. The molecule has 0 fully saturated rings. The average molecular weight is 552 g/mol. The molecule has 0 aliphatic heterocycles. The highest BCUT2D eigenvalue weighted by molar-refractivity contribution is 5.92. The molecule has 0 spiro atoms. The first-order chi connectivity index (χ1) is 19.6. The minimum absolute atomic E-state index is 0.114. The predicted molar refractivity (Wildman–Crippen MR) is 166 cm³/mol. The lowest BCUT2D eigenvalue weighted by molar-refractivity contribution is -0.136. The number of amides is 1. The largest absolute Gasteiger partial charge is 0.494 e. The molecule has 222 valence electrons. The molecule has 5 heteroatoms. The van der Waals surface area contributed by atoms with Gasteiger partial charge in [-0.15, -0.1) is 0 Å². The van der Waals surface area contributed by atoms with E-state index in [0.717, 1.165) is 24.3 Å². The van der Waals surface area contributed by atoms with Gasteiger partial charge in [-0.05, 0) is 42.2 Å². The van der Waals surface area contributed by atoms with E-state index in [1.165, 1.54) is 96.3 Å². The fraction of sp³-hybridized carbons (Fsp3) is 0.600. The van der Waals surface area contributed by atoms with Gasteiger partial charge in [0, 0.05) is 12.1 Å². The second kappa shape index (κ2) is 21.9. The fourth-order valence-corrected chi connectivity index (χ4v) is 5.02. The van der Waals surface area contributed by atoms with Crippen LogP contribution in [0.25, 0.3) is 0 Å². The quantitative estimate of drug-likeness (QED) is 0.127. The molecule has 2 aromatic carbocycles. The molecule has 0 bridgehead atoms. The predicted octanol–water partition coefficient (Wildman–Crippen LogP) is 9.53. The number of ether oxygens (including phenoxy) is 1. The van der Waals surface area contributed by atoms with Gasteiger partial charge in [-0.2, -0.15) is 0 Å². The van der Waals surface area contributed by atoms with Gasteiger partial charge >= 0.3 is 5.97 Å². The normalized spacial score (nSPS) is 10.9. The molecule has 2 N–H and O–H groups in total. The number of aliphatic carboxylic acids is 1. The van der Waals surface area contributed by atoms with Crippen LogP contribution in [0, 0.1) is 0 Å². The van der Waals surface area contributed by atoms with Crippen LogP contribution in [0.1, 0.15) is 127 Å². The van der Waals surface area contributed by atoms with Crippen molar-refractivity contribution in [2.75, 3.05) is 11.9 Å². The second-order valence-electron chi connectivity index (χ2n) is 11.1. The summed E-state index contributed by atoms with van der Waals surface area (Å²) >= 11 is 0. The standard InChI is InChI=1S/C35H53NO4/c1-2-3-4-5-6-7-8-9-10-11-12-13-14-15-16-19-28-40-32-25-22-30(23-26-32)24-27-34(37)36-33-21-18-17-20-31(33)29-35(38)39/h17-18,20-23,25-26H,2-16,19,24,27-29H2,1H3,(H,36,37)(H,38,39). The van der Waals surface area contributed by atoms with Crippen LogP contribution in [0.15, 0.2) is 48.5 Å². The van der Waals surface area contributed by atoms with Gasteiger partial charge in [0.05, 0.1) is 13.0 Å². The van der Waals surface area contributed by atoms with Crippen LogP contribution in [-0.4, -0.2) is 23.6 Å². The van der Waals surface area contributed by atoms with Crippen LogP contribution in [0.5, 0.6) is 5.75 Å². The summed E-state index contributed by atoms with van der Waals surface area (Å²) in [5.74, 6) is -0.169.